The fourth-order valence-electron chi connectivity index (χ4n) is 1.77. The highest BCUT2D eigenvalue weighted by molar-refractivity contribution is 5.33. The zero-order chi connectivity index (χ0) is 10.7. The minimum absolute atomic E-state index is 0.446. The molecule has 1 aliphatic carbocycles. The molecule has 0 aliphatic heterocycles. The van der Waals surface area contributed by atoms with Gasteiger partial charge in [0.1, 0.15) is 5.82 Å². The second-order valence-electron chi connectivity index (χ2n) is 4.45. The molecule has 4 nitrogen and oxygen atoms in total. The van der Waals surface area contributed by atoms with Gasteiger partial charge in [-0.25, -0.2) is 0 Å². The summed E-state index contributed by atoms with van der Waals surface area (Å²) in [6.45, 7) is 3.69. The Morgan fingerprint density at radius 1 is 1.40 bits per heavy atom. The summed E-state index contributed by atoms with van der Waals surface area (Å²) in [7, 11) is 0. The minimum Gasteiger partial charge on any atom is -0.368 e. The van der Waals surface area contributed by atoms with E-state index in [9.17, 15) is 0 Å². The molecule has 0 aromatic carbocycles. The van der Waals surface area contributed by atoms with Gasteiger partial charge >= 0.3 is 0 Å². The molecular formula is C11H18N4. The molecule has 1 heterocycles. The van der Waals surface area contributed by atoms with Crippen molar-refractivity contribution in [2.45, 2.75) is 26.2 Å². The molecule has 0 amide bonds. The van der Waals surface area contributed by atoms with E-state index in [1.807, 2.05) is 19.1 Å². The first-order valence-corrected chi connectivity index (χ1v) is 5.48. The van der Waals surface area contributed by atoms with Crippen molar-refractivity contribution >= 4 is 5.82 Å². The Balaban J connectivity index is 1.85. The predicted molar refractivity (Wildman–Crippen MR) is 60.6 cm³/mol. The molecule has 0 radical (unpaired) electrons. The van der Waals surface area contributed by atoms with E-state index in [0.717, 1.165) is 31.0 Å². The first kappa shape index (κ1) is 10.4. The normalized spacial score (nSPS) is 17.5. The molecule has 0 spiro atoms. The van der Waals surface area contributed by atoms with Crippen molar-refractivity contribution in [1.82, 2.24) is 10.2 Å². The van der Waals surface area contributed by atoms with Gasteiger partial charge in [0.05, 0.1) is 5.69 Å². The number of nitrogens with zero attached hydrogens (tertiary/aromatic N) is 2. The van der Waals surface area contributed by atoms with E-state index in [2.05, 4.69) is 15.5 Å². The van der Waals surface area contributed by atoms with E-state index in [1.165, 1.54) is 12.8 Å². The molecule has 1 fully saturated rings. The van der Waals surface area contributed by atoms with Crippen LogP contribution in [0.2, 0.25) is 0 Å². The molecule has 4 heteroatoms. The zero-order valence-electron chi connectivity index (χ0n) is 9.16. The maximum absolute atomic E-state index is 5.59. The van der Waals surface area contributed by atoms with Crippen LogP contribution in [0.15, 0.2) is 12.1 Å². The first-order valence-electron chi connectivity index (χ1n) is 5.48. The molecule has 1 aromatic rings. The van der Waals surface area contributed by atoms with Crippen LogP contribution >= 0.6 is 0 Å². The highest BCUT2D eigenvalue weighted by atomic mass is 15.2. The molecule has 3 N–H and O–H groups in total. The summed E-state index contributed by atoms with van der Waals surface area (Å²) in [5.41, 5.74) is 6.98. The van der Waals surface area contributed by atoms with E-state index in [0.29, 0.717) is 5.41 Å². The van der Waals surface area contributed by atoms with Gasteiger partial charge in [0, 0.05) is 6.54 Å². The molecule has 1 saturated carbocycles. The van der Waals surface area contributed by atoms with Crippen molar-refractivity contribution in [3.63, 3.8) is 0 Å². The van der Waals surface area contributed by atoms with Crippen molar-refractivity contribution in [2.75, 3.05) is 18.4 Å². The topological polar surface area (TPSA) is 63.8 Å². The van der Waals surface area contributed by atoms with Crippen molar-refractivity contribution in [3.05, 3.63) is 17.8 Å². The van der Waals surface area contributed by atoms with Crippen molar-refractivity contribution < 1.29 is 0 Å². The van der Waals surface area contributed by atoms with E-state index in [-0.39, 0.29) is 0 Å². The monoisotopic (exact) mass is 206 g/mol. The van der Waals surface area contributed by atoms with Gasteiger partial charge < -0.3 is 11.1 Å². The zero-order valence-corrected chi connectivity index (χ0v) is 9.16. The van der Waals surface area contributed by atoms with Crippen LogP contribution in [0.1, 0.15) is 25.0 Å². The first-order chi connectivity index (χ1) is 7.24. The summed E-state index contributed by atoms with van der Waals surface area (Å²) in [6, 6.07) is 3.94. The fraction of sp³-hybridized carbons (Fsp3) is 0.636. The predicted octanol–water partition coefficient (Wildman–Crippen LogP) is 1.33. The van der Waals surface area contributed by atoms with Gasteiger partial charge in [-0.2, -0.15) is 5.10 Å². The highest BCUT2D eigenvalue weighted by Crippen LogP contribution is 2.48. The molecule has 0 atom stereocenters. The fourth-order valence-corrected chi connectivity index (χ4v) is 1.77. The van der Waals surface area contributed by atoms with Gasteiger partial charge in [-0.1, -0.05) is 0 Å². The van der Waals surface area contributed by atoms with Gasteiger partial charge in [-0.05, 0) is 50.3 Å². The average molecular weight is 206 g/mol. The Bertz CT molecular complexity index is 316. The third kappa shape index (κ3) is 2.65. The number of aryl methyl sites for hydroxylation is 1. The summed E-state index contributed by atoms with van der Waals surface area (Å²) in [5, 5.41) is 11.4. The molecule has 2 rings (SSSR count). The summed E-state index contributed by atoms with van der Waals surface area (Å²) in [4.78, 5) is 0. The van der Waals surface area contributed by atoms with Crippen molar-refractivity contribution in [1.29, 1.82) is 0 Å². The van der Waals surface area contributed by atoms with Crippen LogP contribution in [-0.2, 0) is 0 Å². The van der Waals surface area contributed by atoms with Gasteiger partial charge in [0.2, 0.25) is 0 Å². The number of hydrogen-bond donors (Lipinski definition) is 2. The molecule has 0 bridgehead atoms. The molecule has 1 aromatic heterocycles. The minimum atomic E-state index is 0.446. The number of nitrogens with two attached hydrogens (primary N) is 1. The lowest BCUT2D eigenvalue weighted by Gasteiger charge is -2.14. The maximum atomic E-state index is 5.59. The van der Waals surface area contributed by atoms with Crippen LogP contribution in [0.25, 0.3) is 0 Å². The summed E-state index contributed by atoms with van der Waals surface area (Å²) >= 11 is 0. The smallest absolute Gasteiger partial charge is 0.148 e. The van der Waals surface area contributed by atoms with Crippen molar-refractivity contribution in [3.8, 4) is 0 Å². The van der Waals surface area contributed by atoms with Gasteiger partial charge in [0.25, 0.3) is 0 Å². The van der Waals surface area contributed by atoms with Crippen LogP contribution in [-0.4, -0.2) is 23.3 Å². The second kappa shape index (κ2) is 4.14. The third-order valence-corrected chi connectivity index (χ3v) is 3.07. The third-order valence-electron chi connectivity index (χ3n) is 3.07. The Labute approximate surface area is 90.3 Å². The van der Waals surface area contributed by atoms with E-state index < -0.39 is 0 Å². The van der Waals surface area contributed by atoms with Crippen LogP contribution < -0.4 is 11.1 Å². The molecule has 15 heavy (non-hydrogen) atoms. The SMILES string of the molecule is Cc1ccc(NCC2(CCN)CC2)nn1. The molecule has 0 saturated heterocycles. The number of rotatable bonds is 5. The second-order valence-corrected chi connectivity index (χ2v) is 4.45. The lowest BCUT2D eigenvalue weighted by molar-refractivity contribution is 0.500. The number of hydrogen-bond acceptors (Lipinski definition) is 4. The summed E-state index contributed by atoms with van der Waals surface area (Å²) in [6.07, 6.45) is 3.69. The summed E-state index contributed by atoms with van der Waals surface area (Å²) in [5.74, 6) is 0.865. The van der Waals surface area contributed by atoms with Gasteiger partial charge in [-0.3, -0.25) is 0 Å². The van der Waals surface area contributed by atoms with E-state index >= 15 is 0 Å². The van der Waals surface area contributed by atoms with Crippen LogP contribution in [0.5, 0.6) is 0 Å². The Kier molecular flexibility index (Phi) is 2.86. The molecular weight excluding hydrogens is 188 g/mol. The quantitative estimate of drug-likeness (QED) is 0.762. The van der Waals surface area contributed by atoms with Gasteiger partial charge in [0.15, 0.2) is 0 Å². The van der Waals surface area contributed by atoms with Crippen LogP contribution in [0, 0.1) is 12.3 Å². The maximum Gasteiger partial charge on any atom is 0.148 e. The van der Waals surface area contributed by atoms with E-state index in [1.54, 1.807) is 0 Å². The average Bonchev–Trinajstić information content (AvgIpc) is 2.99. The lowest BCUT2D eigenvalue weighted by atomic mass is 10.0. The number of aromatic nitrogens is 2. The van der Waals surface area contributed by atoms with Crippen molar-refractivity contribution in [2.24, 2.45) is 11.1 Å². The van der Waals surface area contributed by atoms with Crippen LogP contribution in [0.4, 0.5) is 5.82 Å². The van der Waals surface area contributed by atoms with Crippen LogP contribution in [0.3, 0.4) is 0 Å². The Morgan fingerprint density at radius 3 is 2.73 bits per heavy atom. The number of anilines is 1. The highest BCUT2D eigenvalue weighted by Gasteiger charge is 2.41. The van der Waals surface area contributed by atoms with E-state index in [4.69, 9.17) is 5.73 Å². The lowest BCUT2D eigenvalue weighted by Crippen LogP contribution is -2.19. The number of nitrogens with one attached hydrogen (secondary N) is 1. The Morgan fingerprint density at radius 2 is 2.20 bits per heavy atom. The Hall–Kier alpha value is -1.16. The summed E-state index contributed by atoms with van der Waals surface area (Å²) < 4.78 is 0. The largest absolute Gasteiger partial charge is 0.368 e. The molecule has 82 valence electrons. The standard InChI is InChI=1S/C11H18N4/c1-9-2-3-10(15-14-9)13-8-11(4-5-11)6-7-12/h2-3H,4-8,12H2,1H3,(H,13,15). The molecule has 1 aliphatic rings. The van der Waals surface area contributed by atoms with Gasteiger partial charge in [-0.15, -0.1) is 5.10 Å². The molecule has 0 unspecified atom stereocenters.